The standard InChI is InChI=1S/C16H16F2N4O3/c1-2-25-16(24)20-19-15(23)14-10-4-3-5-13(10)22(21-14)9-6-7-11(17)12(18)8-9/h6-8H,2-5H2,1H3,(H,19,23)(H,20,24). The van der Waals surface area contributed by atoms with Gasteiger partial charge >= 0.3 is 6.09 Å². The number of halogens is 2. The predicted molar refractivity (Wildman–Crippen MR) is 83.1 cm³/mol. The molecule has 1 aromatic carbocycles. The van der Waals surface area contributed by atoms with Crippen molar-refractivity contribution in [1.82, 2.24) is 20.6 Å². The molecule has 2 amide bonds. The van der Waals surface area contributed by atoms with E-state index in [2.05, 4.69) is 20.7 Å². The van der Waals surface area contributed by atoms with Gasteiger partial charge < -0.3 is 4.74 Å². The molecule has 1 aliphatic rings. The van der Waals surface area contributed by atoms with Gasteiger partial charge in [-0.3, -0.25) is 10.2 Å². The third kappa shape index (κ3) is 3.30. The zero-order chi connectivity index (χ0) is 18.0. The molecule has 2 N–H and O–H groups in total. The Hall–Kier alpha value is -2.97. The van der Waals surface area contributed by atoms with Crippen LogP contribution in [-0.4, -0.2) is 28.4 Å². The summed E-state index contributed by atoms with van der Waals surface area (Å²) in [6.45, 7) is 1.81. The molecule has 3 rings (SSSR count). The molecule has 2 aromatic rings. The van der Waals surface area contributed by atoms with Crippen molar-refractivity contribution < 1.29 is 23.1 Å². The summed E-state index contributed by atoms with van der Waals surface area (Å²) in [5.41, 5.74) is 6.31. The topological polar surface area (TPSA) is 85.2 Å². The van der Waals surface area contributed by atoms with Crippen LogP contribution in [0.3, 0.4) is 0 Å². The summed E-state index contributed by atoms with van der Waals surface area (Å²) in [6, 6.07) is 3.43. The minimum atomic E-state index is -0.991. The molecule has 132 valence electrons. The molecule has 7 nitrogen and oxygen atoms in total. The number of hydrogen-bond acceptors (Lipinski definition) is 4. The number of nitrogens with zero attached hydrogens (tertiary/aromatic N) is 2. The second kappa shape index (κ2) is 6.88. The largest absolute Gasteiger partial charge is 0.449 e. The van der Waals surface area contributed by atoms with E-state index in [1.807, 2.05) is 0 Å². The van der Waals surface area contributed by atoms with E-state index in [9.17, 15) is 18.4 Å². The number of amides is 2. The average Bonchev–Trinajstić information content (AvgIpc) is 3.18. The van der Waals surface area contributed by atoms with Crippen LogP contribution in [0, 0.1) is 11.6 Å². The molecule has 0 saturated heterocycles. The Balaban J connectivity index is 1.88. The van der Waals surface area contributed by atoms with Gasteiger partial charge in [-0.15, -0.1) is 0 Å². The van der Waals surface area contributed by atoms with Crippen LogP contribution in [0.5, 0.6) is 0 Å². The zero-order valence-corrected chi connectivity index (χ0v) is 13.4. The van der Waals surface area contributed by atoms with Gasteiger partial charge in [0.25, 0.3) is 5.91 Å². The molecule has 0 fully saturated rings. The second-order valence-electron chi connectivity index (χ2n) is 5.44. The molecule has 0 unspecified atom stereocenters. The van der Waals surface area contributed by atoms with E-state index in [0.29, 0.717) is 18.5 Å². The number of carbonyl (C=O) groups excluding carboxylic acids is 2. The van der Waals surface area contributed by atoms with Gasteiger partial charge in [-0.05, 0) is 38.3 Å². The zero-order valence-electron chi connectivity index (χ0n) is 13.4. The Kier molecular flexibility index (Phi) is 4.64. The first-order chi connectivity index (χ1) is 12.0. The number of rotatable bonds is 3. The third-order valence-corrected chi connectivity index (χ3v) is 3.85. The van der Waals surface area contributed by atoms with Gasteiger partial charge in [0, 0.05) is 17.3 Å². The fraction of sp³-hybridized carbons (Fsp3) is 0.312. The summed E-state index contributed by atoms with van der Waals surface area (Å²) in [4.78, 5) is 23.5. The van der Waals surface area contributed by atoms with Crippen LogP contribution in [0.1, 0.15) is 35.1 Å². The Morgan fingerprint density at radius 2 is 2.04 bits per heavy atom. The molecule has 0 saturated carbocycles. The summed E-state index contributed by atoms with van der Waals surface area (Å²) in [5.74, 6) is -2.55. The van der Waals surface area contributed by atoms with Crippen molar-refractivity contribution in [2.75, 3.05) is 6.61 Å². The Morgan fingerprint density at radius 3 is 2.76 bits per heavy atom. The highest BCUT2D eigenvalue weighted by Gasteiger charge is 2.27. The summed E-state index contributed by atoms with van der Waals surface area (Å²) in [7, 11) is 0. The lowest BCUT2D eigenvalue weighted by Crippen LogP contribution is -2.42. The van der Waals surface area contributed by atoms with Gasteiger partial charge in [0.2, 0.25) is 0 Å². The molecule has 0 radical (unpaired) electrons. The Morgan fingerprint density at radius 1 is 1.24 bits per heavy atom. The maximum absolute atomic E-state index is 13.5. The minimum absolute atomic E-state index is 0.133. The first kappa shape index (κ1) is 16.9. The van der Waals surface area contributed by atoms with Crippen LogP contribution in [0.25, 0.3) is 5.69 Å². The molecule has 0 atom stereocenters. The number of aromatic nitrogens is 2. The van der Waals surface area contributed by atoms with E-state index in [1.54, 1.807) is 6.92 Å². The minimum Gasteiger partial charge on any atom is -0.449 e. The van der Waals surface area contributed by atoms with Crippen molar-refractivity contribution in [3.05, 3.63) is 46.8 Å². The molecule has 1 aliphatic carbocycles. The SMILES string of the molecule is CCOC(=O)NNC(=O)c1nn(-c2ccc(F)c(F)c2)c2c1CCC2. The van der Waals surface area contributed by atoms with Crippen molar-refractivity contribution in [2.24, 2.45) is 0 Å². The lowest BCUT2D eigenvalue weighted by atomic mass is 10.2. The van der Waals surface area contributed by atoms with Gasteiger partial charge in [-0.2, -0.15) is 5.10 Å². The van der Waals surface area contributed by atoms with Crippen LogP contribution in [0.2, 0.25) is 0 Å². The molecule has 25 heavy (non-hydrogen) atoms. The fourth-order valence-corrected chi connectivity index (χ4v) is 2.78. The normalized spacial score (nSPS) is 12.6. The summed E-state index contributed by atoms with van der Waals surface area (Å²) in [6.07, 6.45) is 1.34. The monoisotopic (exact) mass is 350 g/mol. The average molecular weight is 350 g/mol. The molecular formula is C16H16F2N4O3. The van der Waals surface area contributed by atoms with Crippen molar-refractivity contribution in [3.63, 3.8) is 0 Å². The first-order valence-electron chi connectivity index (χ1n) is 7.80. The van der Waals surface area contributed by atoms with E-state index < -0.39 is 23.6 Å². The van der Waals surface area contributed by atoms with Crippen molar-refractivity contribution in [3.8, 4) is 5.69 Å². The van der Waals surface area contributed by atoms with Crippen molar-refractivity contribution in [1.29, 1.82) is 0 Å². The number of hydrazine groups is 1. The van der Waals surface area contributed by atoms with E-state index in [4.69, 9.17) is 0 Å². The van der Waals surface area contributed by atoms with Crippen LogP contribution in [0.4, 0.5) is 13.6 Å². The predicted octanol–water partition coefficient (Wildman–Crippen LogP) is 2.03. The molecule has 0 bridgehead atoms. The lowest BCUT2D eigenvalue weighted by molar-refractivity contribution is 0.0906. The van der Waals surface area contributed by atoms with Gasteiger partial charge in [-0.1, -0.05) is 0 Å². The van der Waals surface area contributed by atoms with Gasteiger partial charge in [0.15, 0.2) is 17.3 Å². The highest BCUT2D eigenvalue weighted by Crippen LogP contribution is 2.28. The van der Waals surface area contributed by atoms with Crippen LogP contribution in [0.15, 0.2) is 18.2 Å². The molecule has 1 heterocycles. The van der Waals surface area contributed by atoms with Gasteiger partial charge in [-0.25, -0.2) is 23.7 Å². The molecule has 1 aromatic heterocycles. The lowest BCUT2D eigenvalue weighted by Gasteiger charge is -2.07. The molecule has 0 aliphatic heterocycles. The smallest absolute Gasteiger partial charge is 0.426 e. The highest BCUT2D eigenvalue weighted by atomic mass is 19.2. The number of nitrogens with one attached hydrogen (secondary N) is 2. The van der Waals surface area contributed by atoms with Crippen LogP contribution < -0.4 is 10.9 Å². The van der Waals surface area contributed by atoms with Gasteiger partial charge in [0.1, 0.15) is 0 Å². The van der Waals surface area contributed by atoms with Gasteiger partial charge in [0.05, 0.1) is 12.3 Å². The van der Waals surface area contributed by atoms with Crippen LogP contribution >= 0.6 is 0 Å². The molecule has 9 heteroatoms. The number of ether oxygens (including phenoxy) is 1. The maximum atomic E-state index is 13.5. The van der Waals surface area contributed by atoms with E-state index in [0.717, 1.165) is 29.8 Å². The van der Waals surface area contributed by atoms with E-state index >= 15 is 0 Å². The first-order valence-corrected chi connectivity index (χ1v) is 7.80. The van der Waals surface area contributed by atoms with E-state index in [-0.39, 0.29) is 12.3 Å². The Bertz CT molecular complexity index is 835. The number of benzene rings is 1. The Labute approximate surface area is 141 Å². The van der Waals surface area contributed by atoms with Crippen LogP contribution in [-0.2, 0) is 17.6 Å². The van der Waals surface area contributed by atoms with E-state index in [1.165, 1.54) is 10.7 Å². The van der Waals surface area contributed by atoms with Crippen molar-refractivity contribution >= 4 is 12.0 Å². The number of fused-ring (bicyclic) bond motifs is 1. The molecular weight excluding hydrogens is 334 g/mol. The summed E-state index contributed by atoms with van der Waals surface area (Å²) < 4.78 is 32.7. The third-order valence-electron chi connectivity index (χ3n) is 3.85. The number of carbonyl (C=O) groups is 2. The highest BCUT2D eigenvalue weighted by molar-refractivity contribution is 5.95. The van der Waals surface area contributed by atoms with Crippen molar-refractivity contribution in [2.45, 2.75) is 26.2 Å². The fourth-order valence-electron chi connectivity index (χ4n) is 2.78. The quantitative estimate of drug-likeness (QED) is 0.830. The number of hydrogen-bond donors (Lipinski definition) is 2. The summed E-state index contributed by atoms with van der Waals surface area (Å²) in [5, 5.41) is 4.22. The molecule has 0 spiro atoms. The maximum Gasteiger partial charge on any atom is 0.426 e. The second-order valence-corrected chi connectivity index (χ2v) is 5.44. The summed E-state index contributed by atoms with van der Waals surface area (Å²) >= 11 is 0.